The van der Waals surface area contributed by atoms with Gasteiger partial charge in [0.2, 0.25) is 0 Å². The van der Waals surface area contributed by atoms with E-state index in [0.717, 1.165) is 46.4 Å². The number of Topliss-reactive ketones (excluding diaryl/α,β-unsaturated/α-hetero) is 1. The summed E-state index contributed by atoms with van der Waals surface area (Å²) in [7, 11) is 0. The van der Waals surface area contributed by atoms with E-state index in [9.17, 15) is 4.79 Å². The third-order valence-corrected chi connectivity index (χ3v) is 4.70. The van der Waals surface area contributed by atoms with Crippen molar-refractivity contribution in [3.05, 3.63) is 107 Å². The highest BCUT2D eigenvalue weighted by molar-refractivity contribution is 6.13. The first kappa shape index (κ1) is 16.3. The lowest BCUT2D eigenvalue weighted by atomic mass is 9.86. The molecule has 0 amide bonds. The third kappa shape index (κ3) is 3.45. The zero-order chi connectivity index (χ0) is 17.8. The first-order valence-corrected chi connectivity index (χ1v) is 8.90. The second kappa shape index (κ2) is 7.40. The lowest BCUT2D eigenvalue weighted by Crippen LogP contribution is -2.13. The monoisotopic (exact) mass is 340 g/mol. The molecule has 128 valence electrons. The van der Waals surface area contributed by atoms with E-state index in [1.165, 1.54) is 0 Å². The summed E-state index contributed by atoms with van der Waals surface area (Å²) in [5, 5.41) is 0. The summed E-state index contributed by atoms with van der Waals surface area (Å²) in [5.41, 5.74) is 4.89. The smallest absolute Gasteiger partial charge is 0.189 e. The molecule has 0 unspecified atom stereocenters. The van der Waals surface area contributed by atoms with Crippen molar-refractivity contribution in [3.8, 4) is 5.75 Å². The van der Waals surface area contributed by atoms with Crippen LogP contribution in [-0.2, 0) is 13.0 Å². The van der Waals surface area contributed by atoms with Gasteiger partial charge in [-0.25, -0.2) is 0 Å². The quantitative estimate of drug-likeness (QED) is 0.588. The average molecular weight is 340 g/mol. The first-order chi connectivity index (χ1) is 12.8. The Balaban J connectivity index is 1.59. The molecule has 0 heterocycles. The molecule has 0 fully saturated rings. The van der Waals surface area contributed by atoms with Crippen LogP contribution in [0.25, 0.3) is 6.08 Å². The second-order valence-corrected chi connectivity index (χ2v) is 6.47. The number of carbonyl (C=O) groups excluding carboxylic acids is 1. The first-order valence-electron chi connectivity index (χ1n) is 8.90. The zero-order valence-electron chi connectivity index (χ0n) is 14.5. The van der Waals surface area contributed by atoms with E-state index in [1.807, 2.05) is 84.9 Å². The molecule has 1 aliphatic rings. The molecule has 3 aromatic carbocycles. The molecule has 0 bridgehead atoms. The minimum absolute atomic E-state index is 0.129. The summed E-state index contributed by atoms with van der Waals surface area (Å²) in [6.07, 6.45) is 3.66. The van der Waals surface area contributed by atoms with Crippen LogP contribution in [0.5, 0.6) is 5.75 Å². The Morgan fingerprint density at radius 1 is 0.808 bits per heavy atom. The van der Waals surface area contributed by atoms with Crippen LogP contribution in [0.4, 0.5) is 0 Å². The van der Waals surface area contributed by atoms with E-state index >= 15 is 0 Å². The second-order valence-electron chi connectivity index (χ2n) is 6.47. The highest BCUT2D eigenvalue weighted by atomic mass is 16.5. The molecule has 0 aromatic heterocycles. The van der Waals surface area contributed by atoms with Gasteiger partial charge in [0.1, 0.15) is 12.4 Å². The molecule has 0 N–H and O–H groups in total. The fourth-order valence-corrected chi connectivity index (χ4v) is 3.31. The lowest BCUT2D eigenvalue weighted by molar-refractivity contribution is 0.102. The van der Waals surface area contributed by atoms with Crippen LogP contribution in [-0.4, -0.2) is 5.78 Å². The van der Waals surface area contributed by atoms with E-state index in [-0.39, 0.29) is 5.78 Å². The largest absolute Gasteiger partial charge is 0.488 e. The number of hydrogen-bond donors (Lipinski definition) is 0. The van der Waals surface area contributed by atoms with Crippen molar-refractivity contribution in [1.29, 1.82) is 0 Å². The molecular formula is C24H20O2. The Morgan fingerprint density at radius 2 is 1.54 bits per heavy atom. The predicted molar refractivity (Wildman–Crippen MR) is 104 cm³/mol. The van der Waals surface area contributed by atoms with E-state index in [1.54, 1.807) is 0 Å². The van der Waals surface area contributed by atoms with Crippen LogP contribution in [0.2, 0.25) is 0 Å². The number of aryl methyl sites for hydroxylation is 1. The molecule has 0 saturated carbocycles. The van der Waals surface area contributed by atoms with Crippen molar-refractivity contribution < 1.29 is 9.53 Å². The van der Waals surface area contributed by atoms with E-state index in [2.05, 4.69) is 0 Å². The molecule has 0 saturated heterocycles. The average Bonchev–Trinajstić information content (AvgIpc) is 2.70. The van der Waals surface area contributed by atoms with E-state index in [0.29, 0.717) is 6.61 Å². The number of rotatable bonds is 4. The van der Waals surface area contributed by atoms with Gasteiger partial charge in [-0.15, -0.1) is 0 Å². The summed E-state index contributed by atoms with van der Waals surface area (Å²) in [6, 6.07) is 25.9. The maximum absolute atomic E-state index is 12.8. The van der Waals surface area contributed by atoms with Gasteiger partial charge >= 0.3 is 0 Å². The molecule has 0 aliphatic heterocycles. The minimum Gasteiger partial charge on any atom is -0.488 e. The number of allylic oxidation sites excluding steroid dienone is 1. The molecule has 2 heteroatoms. The number of carbonyl (C=O) groups is 1. The molecule has 4 rings (SSSR count). The fraction of sp³-hybridized carbons (Fsp3) is 0.125. The standard InChI is InChI=1S/C24H20O2/c25-24-21(15-14-19-10-4-6-12-22(19)24)16-20-11-5-7-13-23(20)26-17-18-8-2-1-3-9-18/h1-13,16H,14-15,17H2. The van der Waals surface area contributed by atoms with Gasteiger partial charge in [-0.2, -0.15) is 0 Å². The highest BCUT2D eigenvalue weighted by Crippen LogP contribution is 2.29. The number of ether oxygens (including phenoxy) is 1. The van der Waals surface area contributed by atoms with Crippen LogP contribution in [0.15, 0.2) is 84.4 Å². The molecule has 0 spiro atoms. The van der Waals surface area contributed by atoms with Crippen molar-refractivity contribution in [2.45, 2.75) is 19.4 Å². The van der Waals surface area contributed by atoms with Gasteiger partial charge in [0.15, 0.2) is 5.78 Å². The van der Waals surface area contributed by atoms with Crippen LogP contribution >= 0.6 is 0 Å². The molecular weight excluding hydrogens is 320 g/mol. The van der Waals surface area contributed by atoms with Gasteiger partial charge < -0.3 is 4.74 Å². The highest BCUT2D eigenvalue weighted by Gasteiger charge is 2.21. The van der Waals surface area contributed by atoms with Crippen molar-refractivity contribution in [2.24, 2.45) is 0 Å². The Labute approximate surface area is 153 Å². The van der Waals surface area contributed by atoms with E-state index in [4.69, 9.17) is 4.74 Å². The number of fused-ring (bicyclic) bond motifs is 1. The van der Waals surface area contributed by atoms with Crippen LogP contribution in [0.1, 0.15) is 33.5 Å². The SMILES string of the molecule is O=C1C(=Cc2ccccc2OCc2ccccc2)CCc2ccccc21. The van der Waals surface area contributed by atoms with Crippen LogP contribution in [0, 0.1) is 0 Å². The van der Waals surface area contributed by atoms with Crippen molar-refractivity contribution >= 4 is 11.9 Å². The summed E-state index contributed by atoms with van der Waals surface area (Å²) in [5.74, 6) is 0.931. The molecule has 26 heavy (non-hydrogen) atoms. The zero-order valence-corrected chi connectivity index (χ0v) is 14.5. The lowest BCUT2D eigenvalue weighted by Gasteiger charge is -2.18. The molecule has 3 aromatic rings. The van der Waals surface area contributed by atoms with Gasteiger partial charge in [-0.3, -0.25) is 4.79 Å². The number of hydrogen-bond acceptors (Lipinski definition) is 2. The summed E-state index contributed by atoms with van der Waals surface area (Å²) >= 11 is 0. The molecule has 0 radical (unpaired) electrons. The fourth-order valence-electron chi connectivity index (χ4n) is 3.31. The topological polar surface area (TPSA) is 26.3 Å². The number of benzene rings is 3. The van der Waals surface area contributed by atoms with Crippen LogP contribution in [0.3, 0.4) is 0 Å². The van der Waals surface area contributed by atoms with Gasteiger partial charge in [0.25, 0.3) is 0 Å². The Hall–Kier alpha value is -3.13. The van der Waals surface area contributed by atoms with Gasteiger partial charge in [-0.05, 0) is 36.1 Å². The maximum Gasteiger partial charge on any atom is 0.189 e. The Bertz CT molecular complexity index is 955. The summed E-state index contributed by atoms with van der Waals surface area (Å²) in [6.45, 7) is 0.512. The van der Waals surface area contributed by atoms with Crippen molar-refractivity contribution in [3.63, 3.8) is 0 Å². The molecule has 0 atom stereocenters. The van der Waals surface area contributed by atoms with Gasteiger partial charge in [0, 0.05) is 16.7 Å². The normalized spacial score (nSPS) is 14.9. The molecule has 2 nitrogen and oxygen atoms in total. The van der Waals surface area contributed by atoms with E-state index < -0.39 is 0 Å². The van der Waals surface area contributed by atoms with Gasteiger partial charge in [0.05, 0.1) is 0 Å². The number of ketones is 1. The van der Waals surface area contributed by atoms with Crippen molar-refractivity contribution in [2.75, 3.05) is 0 Å². The summed E-state index contributed by atoms with van der Waals surface area (Å²) < 4.78 is 6.01. The predicted octanol–water partition coefficient (Wildman–Crippen LogP) is 5.48. The third-order valence-electron chi connectivity index (χ3n) is 4.70. The van der Waals surface area contributed by atoms with Gasteiger partial charge in [-0.1, -0.05) is 72.8 Å². The van der Waals surface area contributed by atoms with Crippen molar-refractivity contribution in [1.82, 2.24) is 0 Å². The minimum atomic E-state index is 0.129. The summed E-state index contributed by atoms with van der Waals surface area (Å²) in [4.78, 5) is 12.8. The number of para-hydroxylation sites is 1. The Morgan fingerprint density at radius 3 is 2.42 bits per heavy atom. The van der Waals surface area contributed by atoms with Crippen LogP contribution < -0.4 is 4.74 Å². The Kier molecular flexibility index (Phi) is 4.65. The maximum atomic E-state index is 12.8. The molecule has 1 aliphatic carbocycles.